The van der Waals surface area contributed by atoms with Crippen LogP contribution in [0.5, 0.6) is 5.88 Å². The molecular formula is C19H17N7O. The van der Waals surface area contributed by atoms with E-state index in [1.165, 1.54) is 0 Å². The highest BCUT2D eigenvalue weighted by Gasteiger charge is 2.17. The molecule has 4 heterocycles. The fourth-order valence-electron chi connectivity index (χ4n) is 3.45. The maximum atomic E-state index is 10.5. The number of rotatable bonds is 2. The van der Waals surface area contributed by atoms with Crippen LogP contribution in [0, 0.1) is 6.92 Å². The first-order valence-corrected chi connectivity index (χ1v) is 8.50. The minimum absolute atomic E-state index is 0.128. The van der Waals surface area contributed by atoms with Crippen LogP contribution < -0.4 is 0 Å². The third-order valence-electron chi connectivity index (χ3n) is 4.75. The maximum Gasteiger partial charge on any atom is 0.219 e. The Hall–Kier alpha value is -3.68. The summed E-state index contributed by atoms with van der Waals surface area (Å²) in [6.07, 6.45) is 9.27. The number of imidazole rings is 1. The topological polar surface area (TPSA) is 86.1 Å². The van der Waals surface area contributed by atoms with Gasteiger partial charge in [0.25, 0.3) is 0 Å². The Morgan fingerprint density at radius 3 is 2.11 bits per heavy atom. The van der Waals surface area contributed by atoms with Crippen LogP contribution in [0.2, 0.25) is 0 Å². The minimum atomic E-state index is 0.128. The number of nitrogens with zero attached hydrogens (tertiary/aromatic N) is 7. The molecule has 8 nitrogen and oxygen atoms in total. The fraction of sp³-hybridized carbons (Fsp3) is 0.158. The zero-order valence-corrected chi connectivity index (χ0v) is 15.1. The highest BCUT2D eigenvalue weighted by atomic mass is 16.3. The van der Waals surface area contributed by atoms with Gasteiger partial charge < -0.3 is 5.11 Å². The number of fused-ring (bicyclic) bond motifs is 3. The second kappa shape index (κ2) is 5.41. The first-order valence-electron chi connectivity index (χ1n) is 8.50. The molecule has 0 aliphatic rings. The number of aryl methyl sites for hydroxylation is 3. The third kappa shape index (κ3) is 2.30. The second-order valence-electron chi connectivity index (χ2n) is 6.66. The number of aromatic hydroxyl groups is 1. The summed E-state index contributed by atoms with van der Waals surface area (Å²) >= 11 is 0. The zero-order chi connectivity index (χ0) is 18.7. The fourth-order valence-corrected chi connectivity index (χ4v) is 3.45. The normalized spacial score (nSPS) is 11.7. The molecule has 1 aromatic carbocycles. The SMILES string of the molecule is Cc1nc2cnc3cc(-c4cnn(C)c4)c(-c4cnn(C)c4)cc3n2c1O. The molecular weight excluding hydrogens is 342 g/mol. The lowest BCUT2D eigenvalue weighted by atomic mass is 9.97. The molecule has 27 heavy (non-hydrogen) atoms. The van der Waals surface area contributed by atoms with Crippen LogP contribution >= 0.6 is 0 Å². The van der Waals surface area contributed by atoms with Crippen LogP contribution in [0.15, 0.2) is 43.1 Å². The van der Waals surface area contributed by atoms with Crippen molar-refractivity contribution in [2.45, 2.75) is 6.92 Å². The lowest BCUT2D eigenvalue weighted by Crippen LogP contribution is -1.94. The molecule has 1 N–H and O–H groups in total. The molecule has 0 aliphatic carbocycles. The van der Waals surface area contributed by atoms with Gasteiger partial charge in [0.15, 0.2) is 5.65 Å². The average molecular weight is 359 g/mol. The molecule has 0 spiro atoms. The zero-order valence-electron chi connectivity index (χ0n) is 15.1. The van der Waals surface area contributed by atoms with E-state index in [-0.39, 0.29) is 5.88 Å². The molecule has 0 saturated heterocycles. The Morgan fingerprint density at radius 1 is 0.889 bits per heavy atom. The Labute approximate surface area is 154 Å². The van der Waals surface area contributed by atoms with Gasteiger partial charge in [0, 0.05) is 37.6 Å². The molecule has 4 aromatic heterocycles. The highest BCUT2D eigenvalue weighted by Crippen LogP contribution is 2.36. The molecule has 5 aromatic rings. The Balaban J connectivity index is 1.90. The lowest BCUT2D eigenvalue weighted by molar-refractivity contribution is 0.446. The summed E-state index contributed by atoms with van der Waals surface area (Å²) in [5, 5.41) is 19.1. The van der Waals surface area contributed by atoms with Crippen molar-refractivity contribution in [2.75, 3.05) is 0 Å². The van der Waals surface area contributed by atoms with Crippen LogP contribution in [-0.4, -0.2) is 39.0 Å². The summed E-state index contributed by atoms with van der Waals surface area (Å²) in [5.41, 5.74) is 6.71. The average Bonchev–Trinajstić information content (AvgIpc) is 3.34. The van der Waals surface area contributed by atoms with Gasteiger partial charge in [-0.15, -0.1) is 0 Å². The monoisotopic (exact) mass is 359 g/mol. The van der Waals surface area contributed by atoms with E-state index in [4.69, 9.17) is 0 Å². The van der Waals surface area contributed by atoms with Gasteiger partial charge in [-0.3, -0.25) is 18.7 Å². The summed E-state index contributed by atoms with van der Waals surface area (Å²) in [7, 11) is 3.78. The molecule has 0 unspecified atom stereocenters. The summed E-state index contributed by atoms with van der Waals surface area (Å²) in [4.78, 5) is 8.93. The van der Waals surface area contributed by atoms with Crippen molar-refractivity contribution in [2.24, 2.45) is 14.1 Å². The lowest BCUT2D eigenvalue weighted by Gasteiger charge is -2.10. The number of hydrogen-bond acceptors (Lipinski definition) is 5. The van der Waals surface area contributed by atoms with E-state index in [2.05, 4.69) is 20.2 Å². The van der Waals surface area contributed by atoms with Gasteiger partial charge in [0.2, 0.25) is 5.88 Å². The van der Waals surface area contributed by atoms with Crippen molar-refractivity contribution >= 4 is 16.7 Å². The van der Waals surface area contributed by atoms with Crippen molar-refractivity contribution in [3.63, 3.8) is 0 Å². The smallest absolute Gasteiger partial charge is 0.219 e. The number of aromatic nitrogens is 7. The molecule has 0 amide bonds. The first-order chi connectivity index (χ1) is 13.0. The van der Waals surface area contributed by atoms with Crippen molar-refractivity contribution in [1.29, 1.82) is 0 Å². The van der Waals surface area contributed by atoms with E-state index >= 15 is 0 Å². The molecule has 0 aliphatic heterocycles. The predicted molar refractivity (Wildman–Crippen MR) is 101 cm³/mol. The van der Waals surface area contributed by atoms with Crippen molar-refractivity contribution in [3.05, 3.63) is 48.8 Å². The summed E-state index contributed by atoms with van der Waals surface area (Å²) in [5.74, 6) is 0.128. The van der Waals surface area contributed by atoms with Crippen molar-refractivity contribution in [1.82, 2.24) is 33.9 Å². The predicted octanol–water partition coefficient (Wildman–Crippen LogP) is 2.70. The Morgan fingerprint density at radius 2 is 1.52 bits per heavy atom. The molecule has 0 atom stereocenters. The van der Waals surface area contributed by atoms with Gasteiger partial charge in [-0.1, -0.05) is 0 Å². The molecule has 0 saturated carbocycles. The summed E-state index contributed by atoms with van der Waals surface area (Å²) in [6.45, 7) is 1.78. The van der Waals surface area contributed by atoms with Crippen LogP contribution in [0.25, 0.3) is 38.9 Å². The number of hydrogen-bond donors (Lipinski definition) is 1. The third-order valence-corrected chi connectivity index (χ3v) is 4.75. The standard InChI is InChI=1S/C19H17N7O/c1-11-19(27)26-17-5-15(13-7-22-25(3)10-13)14(12-6-21-24(2)9-12)4-16(17)20-8-18(26)23-11/h4-10,27H,1-3H3. The van der Waals surface area contributed by atoms with Gasteiger partial charge in [-0.25, -0.2) is 4.98 Å². The van der Waals surface area contributed by atoms with Gasteiger partial charge >= 0.3 is 0 Å². The molecule has 0 radical (unpaired) electrons. The van der Waals surface area contributed by atoms with E-state index < -0.39 is 0 Å². The number of benzene rings is 1. The van der Waals surface area contributed by atoms with Gasteiger partial charge in [-0.2, -0.15) is 10.2 Å². The Kier molecular flexibility index (Phi) is 3.12. The second-order valence-corrected chi connectivity index (χ2v) is 6.66. The quantitative estimate of drug-likeness (QED) is 0.524. The van der Waals surface area contributed by atoms with E-state index in [9.17, 15) is 5.11 Å². The Bertz CT molecular complexity index is 1330. The molecule has 134 valence electrons. The van der Waals surface area contributed by atoms with Gasteiger partial charge in [0.1, 0.15) is 5.69 Å². The summed E-state index contributed by atoms with van der Waals surface area (Å²) in [6, 6.07) is 4.04. The van der Waals surface area contributed by atoms with Crippen molar-refractivity contribution < 1.29 is 5.11 Å². The van der Waals surface area contributed by atoms with E-state index in [1.54, 1.807) is 26.9 Å². The van der Waals surface area contributed by atoms with Crippen LogP contribution in [0.4, 0.5) is 0 Å². The molecule has 8 heteroatoms. The summed E-state index contributed by atoms with van der Waals surface area (Å²) < 4.78 is 5.27. The largest absolute Gasteiger partial charge is 0.493 e. The highest BCUT2D eigenvalue weighted by molar-refractivity contribution is 5.94. The van der Waals surface area contributed by atoms with Crippen LogP contribution in [0.1, 0.15) is 5.69 Å². The maximum absolute atomic E-state index is 10.5. The van der Waals surface area contributed by atoms with E-state index in [1.807, 2.05) is 51.0 Å². The van der Waals surface area contributed by atoms with Crippen LogP contribution in [-0.2, 0) is 14.1 Å². The van der Waals surface area contributed by atoms with E-state index in [0.29, 0.717) is 11.3 Å². The van der Waals surface area contributed by atoms with Crippen molar-refractivity contribution in [3.8, 4) is 28.1 Å². The van der Waals surface area contributed by atoms with Gasteiger partial charge in [-0.05, 0) is 30.2 Å². The molecule has 0 fully saturated rings. The minimum Gasteiger partial charge on any atom is -0.493 e. The van der Waals surface area contributed by atoms with Gasteiger partial charge in [0.05, 0.1) is 29.6 Å². The van der Waals surface area contributed by atoms with Crippen LogP contribution in [0.3, 0.4) is 0 Å². The van der Waals surface area contributed by atoms with E-state index in [0.717, 1.165) is 33.3 Å². The molecule has 5 rings (SSSR count). The first kappa shape index (κ1) is 15.6. The molecule has 0 bridgehead atoms.